The first-order chi connectivity index (χ1) is 12.3. The van der Waals surface area contributed by atoms with Crippen LogP contribution >= 0.6 is 0 Å². The molecule has 14 nitrogen and oxygen atoms in total. The summed E-state index contributed by atoms with van der Waals surface area (Å²) in [5.74, 6) is 0. The van der Waals surface area contributed by atoms with Crippen LogP contribution in [0.5, 0.6) is 0 Å². The Hall–Kier alpha value is -2.97. The maximum absolute atomic E-state index is 8.48. The van der Waals surface area contributed by atoms with Gasteiger partial charge in [0, 0.05) is 49.8 Å². The molecule has 2 aromatic heterocycles. The third-order valence-electron chi connectivity index (χ3n) is 2.19. The van der Waals surface area contributed by atoms with E-state index >= 15 is 0 Å². The molecule has 15 heteroatoms. The van der Waals surface area contributed by atoms with Gasteiger partial charge in [0.15, 0.2) is 0 Å². The van der Waals surface area contributed by atoms with Crippen molar-refractivity contribution in [1.82, 2.24) is 9.97 Å². The first kappa shape index (κ1) is 36.9. The maximum Gasteiger partial charge on any atom is 2.00 e. The number of aromatic nitrogens is 2. The third-order valence-corrected chi connectivity index (χ3v) is 2.19. The molecule has 0 aliphatic heterocycles. The van der Waals surface area contributed by atoms with Crippen LogP contribution in [0, 0.1) is 30.6 Å². The number of aliphatic hydroxyl groups is 2. The molecular formula is C14H24N4NiO10+2. The van der Waals surface area contributed by atoms with Crippen LogP contribution in [0.1, 0.15) is 11.4 Å². The van der Waals surface area contributed by atoms with Crippen molar-refractivity contribution in [1.29, 1.82) is 0 Å². The molecule has 2 rings (SSSR count). The van der Waals surface area contributed by atoms with Crippen LogP contribution in [-0.4, -0.2) is 43.6 Å². The summed E-state index contributed by atoms with van der Waals surface area (Å²) >= 11 is 0. The summed E-state index contributed by atoms with van der Waals surface area (Å²) in [6.07, 6.45) is 4.76. The van der Waals surface area contributed by atoms with E-state index in [4.69, 9.17) is 40.9 Å². The quantitative estimate of drug-likeness (QED) is 0.237. The van der Waals surface area contributed by atoms with Crippen molar-refractivity contribution < 1.29 is 47.8 Å². The Labute approximate surface area is 175 Å². The average molecular weight is 467 g/mol. The Balaban J connectivity index is -0.0000000912. The van der Waals surface area contributed by atoms with Crippen molar-refractivity contribution in [2.24, 2.45) is 0 Å². The second-order valence-corrected chi connectivity index (χ2v) is 4.04. The molecule has 0 atom stereocenters. The fourth-order valence-corrected chi connectivity index (χ4v) is 1.32. The molecule has 0 saturated carbocycles. The second kappa shape index (κ2) is 27.3. The summed E-state index contributed by atoms with van der Waals surface area (Å²) < 4.78 is 0. The molecule has 0 unspecified atom stereocenters. The monoisotopic (exact) mass is 466 g/mol. The van der Waals surface area contributed by atoms with Crippen LogP contribution in [0.25, 0.3) is 0 Å². The molecule has 29 heavy (non-hydrogen) atoms. The van der Waals surface area contributed by atoms with E-state index in [0.717, 1.165) is 11.4 Å². The Kier molecular flexibility index (Phi) is 34.7. The number of hydrogen-bond acceptors (Lipinski definition) is 10. The van der Waals surface area contributed by atoms with E-state index < -0.39 is 10.2 Å². The normalized spacial score (nSPS) is 7.52. The van der Waals surface area contributed by atoms with Gasteiger partial charge >= 0.3 is 16.5 Å². The van der Waals surface area contributed by atoms with E-state index in [-0.39, 0.29) is 40.7 Å². The van der Waals surface area contributed by atoms with E-state index in [0.29, 0.717) is 12.8 Å². The topological polar surface area (TPSA) is 265 Å². The maximum atomic E-state index is 8.48. The van der Waals surface area contributed by atoms with E-state index in [9.17, 15) is 0 Å². The molecule has 0 bridgehead atoms. The van der Waals surface area contributed by atoms with E-state index in [1.165, 1.54) is 0 Å². The van der Waals surface area contributed by atoms with Crippen molar-refractivity contribution in [2.75, 3.05) is 13.2 Å². The molecule has 168 valence electrons. The molecule has 8 N–H and O–H groups in total. The summed E-state index contributed by atoms with van der Waals surface area (Å²) in [7, 11) is 0. The van der Waals surface area contributed by atoms with Crippen molar-refractivity contribution in [3.63, 3.8) is 0 Å². The molecule has 0 aliphatic carbocycles. The zero-order valence-electron chi connectivity index (χ0n) is 15.1. The van der Waals surface area contributed by atoms with E-state index in [1.54, 1.807) is 12.4 Å². The van der Waals surface area contributed by atoms with Crippen LogP contribution in [0.2, 0.25) is 0 Å². The molecule has 0 amide bonds. The number of pyridine rings is 2. The molecule has 0 saturated heterocycles. The Morgan fingerprint density at radius 3 is 1.17 bits per heavy atom. The SMILES string of the molecule is O=[N+]([O-])[O-].O=[N+]([O-])[O-].OCCc1ccccn1.OCCc1ccccn1.[Ni+2].[OH3+].[OH3+]. The van der Waals surface area contributed by atoms with Gasteiger partial charge in [0.25, 0.3) is 0 Å². The van der Waals surface area contributed by atoms with Gasteiger partial charge in [-0.05, 0) is 24.3 Å². The van der Waals surface area contributed by atoms with Gasteiger partial charge in [-0.25, -0.2) is 0 Å². The van der Waals surface area contributed by atoms with Crippen molar-refractivity contribution in [3.05, 3.63) is 90.8 Å². The van der Waals surface area contributed by atoms with Crippen molar-refractivity contribution in [2.45, 2.75) is 12.8 Å². The Morgan fingerprint density at radius 2 is 1.00 bits per heavy atom. The summed E-state index contributed by atoms with van der Waals surface area (Å²) in [4.78, 5) is 24.5. The fourth-order valence-electron chi connectivity index (χ4n) is 1.32. The van der Waals surface area contributed by atoms with Crippen LogP contribution < -0.4 is 0 Å². The van der Waals surface area contributed by atoms with Gasteiger partial charge in [0.05, 0.1) is 10.2 Å². The minimum atomic E-state index is -1.75. The first-order valence-electron chi connectivity index (χ1n) is 6.98. The molecule has 0 aromatic carbocycles. The summed E-state index contributed by atoms with van der Waals surface area (Å²) in [6, 6.07) is 11.4. The predicted molar refractivity (Wildman–Crippen MR) is 101 cm³/mol. The number of nitrogens with zero attached hydrogens (tertiary/aromatic N) is 4. The number of hydrogen-bond donors (Lipinski definition) is 2. The third kappa shape index (κ3) is 36.7. The molecular weight excluding hydrogens is 443 g/mol. The molecule has 0 aliphatic rings. The molecule has 0 fully saturated rings. The van der Waals surface area contributed by atoms with Gasteiger partial charge in [-0.15, -0.1) is 0 Å². The summed E-state index contributed by atoms with van der Waals surface area (Å²) in [5.41, 5.74) is 1.89. The molecule has 2 aromatic rings. The number of rotatable bonds is 4. The average Bonchev–Trinajstić information content (AvgIpc) is 2.57. The van der Waals surface area contributed by atoms with Crippen LogP contribution in [0.15, 0.2) is 48.8 Å². The van der Waals surface area contributed by atoms with Crippen LogP contribution in [0.3, 0.4) is 0 Å². The number of aliphatic hydroxyl groups excluding tert-OH is 2. The standard InChI is InChI=1S/2C7H9NO.2NO3.Ni.2H2O/c2*9-6-4-7-3-1-2-5-8-7;2*2-1(3)4;;;/h2*1-3,5,9H,4,6H2;;;;2*1H2/q;;2*-1;+2;;/p+2. The fraction of sp³-hybridized carbons (Fsp3) is 0.286. The zero-order chi connectivity index (χ0) is 20.2. The second-order valence-electron chi connectivity index (χ2n) is 4.04. The van der Waals surface area contributed by atoms with E-state index in [1.807, 2.05) is 36.4 Å². The van der Waals surface area contributed by atoms with Crippen molar-refractivity contribution in [3.8, 4) is 0 Å². The van der Waals surface area contributed by atoms with Crippen LogP contribution in [0.4, 0.5) is 0 Å². The molecule has 0 radical (unpaired) electrons. The minimum Gasteiger partial charge on any atom is -0.457 e. The van der Waals surface area contributed by atoms with Gasteiger partial charge in [0.2, 0.25) is 0 Å². The largest absolute Gasteiger partial charge is 2.00 e. The Morgan fingerprint density at radius 1 is 0.724 bits per heavy atom. The zero-order valence-corrected chi connectivity index (χ0v) is 16.0. The first-order valence-corrected chi connectivity index (χ1v) is 6.98. The van der Waals surface area contributed by atoms with Gasteiger partial charge < -0.3 is 51.8 Å². The van der Waals surface area contributed by atoms with Gasteiger partial charge in [-0.2, -0.15) is 0 Å². The van der Waals surface area contributed by atoms with Crippen LogP contribution in [-0.2, 0) is 40.3 Å². The van der Waals surface area contributed by atoms with Gasteiger partial charge in [-0.3, -0.25) is 9.97 Å². The smallest absolute Gasteiger partial charge is 0.457 e. The van der Waals surface area contributed by atoms with Crippen molar-refractivity contribution >= 4 is 0 Å². The molecule has 2 heterocycles. The minimum absolute atomic E-state index is 0. The Bertz CT molecular complexity index is 534. The van der Waals surface area contributed by atoms with E-state index in [2.05, 4.69) is 9.97 Å². The summed E-state index contributed by atoms with van der Waals surface area (Å²) in [6.45, 7) is 0.355. The van der Waals surface area contributed by atoms with Gasteiger partial charge in [-0.1, -0.05) is 12.1 Å². The van der Waals surface area contributed by atoms with Gasteiger partial charge in [0.1, 0.15) is 0 Å². The molecule has 0 spiro atoms. The summed E-state index contributed by atoms with van der Waals surface area (Å²) in [5, 5.41) is 46.5. The predicted octanol–water partition coefficient (Wildman–Crippen LogP) is -1.09.